The Bertz CT molecular complexity index is 983. The molecule has 0 bridgehead atoms. The number of sulfonamides is 1. The van der Waals surface area contributed by atoms with E-state index in [0.717, 1.165) is 30.0 Å². The maximum absolute atomic E-state index is 12.9. The van der Waals surface area contributed by atoms with Crippen molar-refractivity contribution in [1.82, 2.24) is 4.31 Å². The summed E-state index contributed by atoms with van der Waals surface area (Å²) >= 11 is 0. The number of amides is 1. The summed E-state index contributed by atoms with van der Waals surface area (Å²) in [5, 5.41) is 3.08. The van der Waals surface area contributed by atoms with Gasteiger partial charge in [0, 0.05) is 32.1 Å². The highest BCUT2D eigenvalue weighted by Crippen LogP contribution is 2.28. The topological polar surface area (TPSA) is 79.0 Å². The third-order valence-electron chi connectivity index (χ3n) is 5.92. The Morgan fingerprint density at radius 2 is 1.58 bits per heavy atom. The quantitative estimate of drug-likeness (QED) is 0.743. The van der Waals surface area contributed by atoms with E-state index in [1.54, 1.807) is 0 Å². The van der Waals surface area contributed by atoms with E-state index in [9.17, 15) is 13.2 Å². The second-order valence-corrected chi connectivity index (χ2v) is 9.99. The molecule has 1 N–H and O–H groups in total. The zero-order chi connectivity index (χ0) is 21.7. The number of hydrogen-bond acceptors (Lipinski definition) is 5. The SMILES string of the molecule is O=C(Nc1ccccc1N1CCOCC1)C1CCN(S(=O)(=O)Cc2ccccc2)CC1. The largest absolute Gasteiger partial charge is 0.378 e. The summed E-state index contributed by atoms with van der Waals surface area (Å²) in [7, 11) is -3.38. The highest BCUT2D eigenvalue weighted by Gasteiger charge is 2.31. The molecule has 2 heterocycles. The molecule has 31 heavy (non-hydrogen) atoms. The van der Waals surface area contributed by atoms with Gasteiger partial charge >= 0.3 is 0 Å². The van der Waals surface area contributed by atoms with Crippen LogP contribution in [-0.4, -0.2) is 58.0 Å². The number of carbonyl (C=O) groups excluding carboxylic acids is 1. The molecule has 4 rings (SSSR count). The fourth-order valence-electron chi connectivity index (χ4n) is 4.17. The summed E-state index contributed by atoms with van der Waals surface area (Å²) in [5.74, 6) is -0.237. The Balaban J connectivity index is 1.35. The lowest BCUT2D eigenvalue weighted by Crippen LogP contribution is -2.42. The van der Waals surface area contributed by atoms with Gasteiger partial charge in [-0.1, -0.05) is 42.5 Å². The van der Waals surface area contributed by atoms with E-state index in [4.69, 9.17) is 4.74 Å². The highest BCUT2D eigenvalue weighted by atomic mass is 32.2. The van der Waals surface area contributed by atoms with Gasteiger partial charge in [-0.05, 0) is 30.5 Å². The van der Waals surface area contributed by atoms with Gasteiger partial charge < -0.3 is 15.0 Å². The van der Waals surface area contributed by atoms with Crippen LogP contribution in [-0.2, 0) is 25.3 Å². The van der Waals surface area contributed by atoms with Crippen molar-refractivity contribution in [3.63, 3.8) is 0 Å². The van der Waals surface area contributed by atoms with E-state index in [-0.39, 0.29) is 17.6 Å². The van der Waals surface area contributed by atoms with E-state index < -0.39 is 10.0 Å². The van der Waals surface area contributed by atoms with Gasteiger partial charge in [-0.3, -0.25) is 4.79 Å². The first-order chi connectivity index (χ1) is 15.0. The molecular weight excluding hydrogens is 414 g/mol. The van der Waals surface area contributed by atoms with Gasteiger partial charge in [0.15, 0.2) is 0 Å². The van der Waals surface area contributed by atoms with Crippen molar-refractivity contribution in [2.24, 2.45) is 5.92 Å². The first-order valence-electron chi connectivity index (χ1n) is 10.8. The van der Waals surface area contributed by atoms with Gasteiger partial charge in [0.05, 0.1) is 30.3 Å². The molecule has 2 aromatic rings. The number of piperidine rings is 1. The molecule has 0 aromatic heterocycles. The Morgan fingerprint density at radius 3 is 2.29 bits per heavy atom. The van der Waals surface area contributed by atoms with Crippen LogP contribution in [0, 0.1) is 5.92 Å². The number of benzene rings is 2. The molecule has 1 amide bonds. The Kier molecular flexibility index (Phi) is 6.89. The number of nitrogens with one attached hydrogen (secondary N) is 1. The van der Waals surface area contributed by atoms with Gasteiger partial charge in [-0.15, -0.1) is 0 Å². The maximum Gasteiger partial charge on any atom is 0.227 e. The monoisotopic (exact) mass is 443 g/mol. The lowest BCUT2D eigenvalue weighted by Gasteiger charge is -2.32. The minimum Gasteiger partial charge on any atom is -0.378 e. The van der Waals surface area contributed by atoms with E-state index in [1.165, 1.54) is 4.31 Å². The van der Waals surface area contributed by atoms with Gasteiger partial charge in [0.1, 0.15) is 0 Å². The van der Waals surface area contributed by atoms with Crippen LogP contribution in [0.2, 0.25) is 0 Å². The minimum atomic E-state index is -3.38. The van der Waals surface area contributed by atoms with E-state index in [1.807, 2.05) is 54.6 Å². The minimum absolute atomic E-state index is 0.00235. The zero-order valence-electron chi connectivity index (χ0n) is 17.6. The van der Waals surface area contributed by atoms with E-state index >= 15 is 0 Å². The molecule has 0 unspecified atom stereocenters. The molecular formula is C23H29N3O4S. The Hall–Kier alpha value is -2.42. The highest BCUT2D eigenvalue weighted by molar-refractivity contribution is 7.88. The van der Waals surface area contributed by atoms with Crippen molar-refractivity contribution >= 4 is 27.3 Å². The molecule has 0 atom stereocenters. The summed E-state index contributed by atoms with van der Waals surface area (Å²) in [4.78, 5) is 15.1. The second-order valence-electron chi connectivity index (χ2n) is 8.02. The molecule has 166 valence electrons. The molecule has 7 nitrogen and oxygen atoms in total. The third-order valence-corrected chi connectivity index (χ3v) is 7.77. The average Bonchev–Trinajstić information content (AvgIpc) is 2.80. The summed E-state index contributed by atoms with van der Waals surface area (Å²) < 4.78 is 32.5. The smallest absolute Gasteiger partial charge is 0.227 e. The van der Waals surface area contributed by atoms with Crippen molar-refractivity contribution in [2.45, 2.75) is 18.6 Å². The van der Waals surface area contributed by atoms with Crippen LogP contribution >= 0.6 is 0 Å². The molecule has 0 radical (unpaired) electrons. The fraction of sp³-hybridized carbons (Fsp3) is 0.435. The predicted molar refractivity (Wildman–Crippen MR) is 121 cm³/mol. The Labute approximate surface area is 184 Å². The van der Waals surface area contributed by atoms with E-state index in [2.05, 4.69) is 10.2 Å². The van der Waals surface area contributed by atoms with Crippen LogP contribution in [0.5, 0.6) is 0 Å². The normalized spacial score (nSPS) is 18.6. The molecule has 2 saturated heterocycles. The van der Waals surface area contributed by atoms with Gasteiger partial charge in [0.2, 0.25) is 15.9 Å². The number of nitrogens with zero attached hydrogens (tertiary/aromatic N) is 2. The molecule has 8 heteroatoms. The van der Waals surface area contributed by atoms with Gasteiger partial charge in [-0.2, -0.15) is 0 Å². The maximum atomic E-state index is 12.9. The number of hydrogen-bond donors (Lipinski definition) is 1. The lowest BCUT2D eigenvalue weighted by atomic mass is 9.97. The third kappa shape index (κ3) is 5.44. The summed E-state index contributed by atoms with van der Waals surface area (Å²) in [5.41, 5.74) is 2.58. The van der Waals surface area contributed by atoms with E-state index in [0.29, 0.717) is 39.1 Å². The van der Waals surface area contributed by atoms with Crippen molar-refractivity contribution in [3.05, 3.63) is 60.2 Å². The summed E-state index contributed by atoms with van der Waals surface area (Å²) in [6, 6.07) is 17.0. The first-order valence-corrected chi connectivity index (χ1v) is 12.4. The molecule has 0 aliphatic carbocycles. The van der Waals surface area contributed by atoms with Gasteiger partial charge in [0.25, 0.3) is 0 Å². The fourth-order valence-corrected chi connectivity index (χ4v) is 5.73. The second kappa shape index (κ2) is 9.80. The number of carbonyl (C=O) groups is 1. The number of rotatable bonds is 6. The standard InChI is InChI=1S/C23H29N3O4S/c27-23(24-21-8-4-5-9-22(21)25-14-16-30-17-15-25)20-10-12-26(13-11-20)31(28,29)18-19-6-2-1-3-7-19/h1-9,20H,10-18H2,(H,24,27). The molecule has 2 fully saturated rings. The van der Waals surface area contributed by atoms with Crippen LogP contribution in [0.1, 0.15) is 18.4 Å². The summed E-state index contributed by atoms with van der Waals surface area (Å²) in [6.45, 7) is 3.70. The predicted octanol–water partition coefficient (Wildman–Crippen LogP) is 2.70. The number of ether oxygens (including phenoxy) is 1. The van der Waals surface area contributed by atoms with Crippen molar-refractivity contribution < 1.29 is 17.9 Å². The summed E-state index contributed by atoms with van der Waals surface area (Å²) in [6.07, 6.45) is 1.05. The van der Waals surface area contributed by atoms with Crippen LogP contribution in [0.25, 0.3) is 0 Å². The Morgan fingerprint density at radius 1 is 0.935 bits per heavy atom. The molecule has 2 aliphatic rings. The van der Waals surface area contributed by atoms with Crippen molar-refractivity contribution in [1.29, 1.82) is 0 Å². The molecule has 0 saturated carbocycles. The molecule has 0 spiro atoms. The molecule has 2 aliphatic heterocycles. The lowest BCUT2D eigenvalue weighted by molar-refractivity contribution is -0.120. The zero-order valence-corrected chi connectivity index (χ0v) is 18.4. The first kappa shape index (κ1) is 21.8. The van der Waals surface area contributed by atoms with Crippen LogP contribution in [0.15, 0.2) is 54.6 Å². The molecule has 2 aromatic carbocycles. The van der Waals surface area contributed by atoms with Crippen LogP contribution in [0.3, 0.4) is 0 Å². The number of anilines is 2. The number of morpholine rings is 1. The van der Waals surface area contributed by atoms with Crippen LogP contribution in [0.4, 0.5) is 11.4 Å². The van der Waals surface area contributed by atoms with Crippen LogP contribution < -0.4 is 10.2 Å². The van der Waals surface area contributed by atoms with Gasteiger partial charge in [-0.25, -0.2) is 12.7 Å². The average molecular weight is 444 g/mol. The van der Waals surface area contributed by atoms with Crippen molar-refractivity contribution in [2.75, 3.05) is 49.6 Å². The number of para-hydroxylation sites is 2. The van der Waals surface area contributed by atoms with Crippen molar-refractivity contribution in [3.8, 4) is 0 Å².